The van der Waals surface area contributed by atoms with Gasteiger partial charge in [0.05, 0.1) is 11.1 Å². The fraction of sp³-hybridized carbons (Fsp3) is 0.545. The molecule has 4 amide bonds. The van der Waals surface area contributed by atoms with Gasteiger partial charge in [0.1, 0.15) is 17.0 Å². The SMILES string of the molecule is CC(c1ccnc(NC(=O)c2ccccc2C(=O)N2CCN(C(=O)OC(C)(C)C)CC2)c1)N1CCN(C(=O)OC(C)(C)C)CC1. The lowest BCUT2D eigenvalue weighted by Crippen LogP contribution is -2.51. The number of hydrogen-bond donors (Lipinski definition) is 1. The Morgan fingerprint density at radius 3 is 1.76 bits per heavy atom. The van der Waals surface area contributed by atoms with Crippen molar-refractivity contribution in [3.8, 4) is 0 Å². The largest absolute Gasteiger partial charge is 0.444 e. The lowest BCUT2D eigenvalue weighted by Gasteiger charge is -2.38. The minimum Gasteiger partial charge on any atom is -0.444 e. The van der Waals surface area contributed by atoms with Gasteiger partial charge in [0.2, 0.25) is 0 Å². The van der Waals surface area contributed by atoms with E-state index in [1.807, 2.05) is 53.7 Å². The molecule has 0 bridgehead atoms. The average molecular weight is 623 g/mol. The zero-order valence-electron chi connectivity index (χ0n) is 27.5. The van der Waals surface area contributed by atoms with Crippen molar-refractivity contribution in [2.45, 2.75) is 65.7 Å². The van der Waals surface area contributed by atoms with Crippen LogP contribution >= 0.6 is 0 Å². The maximum absolute atomic E-state index is 13.5. The zero-order valence-corrected chi connectivity index (χ0v) is 27.5. The first-order valence-electron chi connectivity index (χ1n) is 15.5. The molecule has 0 radical (unpaired) electrons. The Hall–Kier alpha value is -4.19. The predicted octanol–water partition coefficient (Wildman–Crippen LogP) is 4.64. The predicted molar refractivity (Wildman–Crippen MR) is 170 cm³/mol. The second kappa shape index (κ2) is 13.8. The number of carbonyl (C=O) groups is 4. The molecule has 2 aliphatic rings. The van der Waals surface area contributed by atoms with E-state index in [-0.39, 0.29) is 29.2 Å². The molecule has 4 rings (SSSR count). The van der Waals surface area contributed by atoms with E-state index >= 15 is 0 Å². The van der Waals surface area contributed by atoms with Crippen LogP contribution in [-0.2, 0) is 9.47 Å². The third-order valence-electron chi connectivity index (χ3n) is 7.64. The highest BCUT2D eigenvalue weighted by Crippen LogP contribution is 2.24. The summed E-state index contributed by atoms with van der Waals surface area (Å²) in [5.74, 6) is -0.329. The van der Waals surface area contributed by atoms with E-state index in [1.165, 1.54) is 0 Å². The molecular weight excluding hydrogens is 576 g/mol. The Bertz CT molecular complexity index is 1380. The number of carbonyl (C=O) groups excluding carboxylic acids is 4. The molecule has 1 aromatic carbocycles. The quantitative estimate of drug-likeness (QED) is 0.512. The maximum atomic E-state index is 13.5. The number of nitrogens with one attached hydrogen (secondary N) is 1. The van der Waals surface area contributed by atoms with Crippen molar-refractivity contribution in [1.29, 1.82) is 0 Å². The molecule has 1 atom stereocenters. The van der Waals surface area contributed by atoms with Crippen LogP contribution in [0.5, 0.6) is 0 Å². The first kappa shape index (κ1) is 33.7. The second-order valence-corrected chi connectivity index (χ2v) is 13.4. The fourth-order valence-electron chi connectivity index (χ4n) is 5.24. The van der Waals surface area contributed by atoms with Crippen molar-refractivity contribution in [3.05, 3.63) is 59.3 Å². The number of ether oxygens (including phenoxy) is 2. The lowest BCUT2D eigenvalue weighted by atomic mass is 10.0. The first-order valence-corrected chi connectivity index (χ1v) is 15.5. The van der Waals surface area contributed by atoms with E-state index in [4.69, 9.17) is 9.47 Å². The Morgan fingerprint density at radius 1 is 0.733 bits per heavy atom. The van der Waals surface area contributed by atoms with Gasteiger partial charge in [0, 0.05) is 64.6 Å². The van der Waals surface area contributed by atoms with E-state index in [0.29, 0.717) is 58.2 Å². The van der Waals surface area contributed by atoms with Crippen LogP contribution < -0.4 is 5.32 Å². The van der Waals surface area contributed by atoms with Gasteiger partial charge in [0.15, 0.2) is 0 Å². The van der Waals surface area contributed by atoms with Gasteiger partial charge in [0.25, 0.3) is 11.8 Å². The van der Waals surface area contributed by atoms with Crippen molar-refractivity contribution >= 4 is 29.8 Å². The Morgan fingerprint density at radius 2 is 1.22 bits per heavy atom. The molecule has 2 aliphatic heterocycles. The molecule has 1 unspecified atom stereocenters. The molecule has 1 N–H and O–H groups in total. The molecule has 2 aromatic rings. The molecule has 1 aromatic heterocycles. The smallest absolute Gasteiger partial charge is 0.410 e. The number of nitrogens with zero attached hydrogens (tertiary/aromatic N) is 5. The van der Waals surface area contributed by atoms with Crippen molar-refractivity contribution in [3.63, 3.8) is 0 Å². The van der Waals surface area contributed by atoms with Crippen molar-refractivity contribution < 1.29 is 28.7 Å². The molecule has 12 heteroatoms. The molecule has 244 valence electrons. The number of piperazine rings is 2. The van der Waals surface area contributed by atoms with Crippen LogP contribution in [0, 0.1) is 0 Å². The summed E-state index contributed by atoms with van der Waals surface area (Å²) < 4.78 is 11.0. The van der Waals surface area contributed by atoms with Crippen LogP contribution in [0.2, 0.25) is 0 Å². The Kier molecular flexibility index (Phi) is 10.4. The summed E-state index contributed by atoms with van der Waals surface area (Å²) in [7, 11) is 0. The van der Waals surface area contributed by atoms with E-state index in [9.17, 15) is 19.2 Å². The number of hydrogen-bond acceptors (Lipinski definition) is 8. The summed E-state index contributed by atoms with van der Waals surface area (Å²) in [6.07, 6.45) is 0.951. The van der Waals surface area contributed by atoms with Crippen LogP contribution in [0.4, 0.5) is 15.4 Å². The summed E-state index contributed by atoms with van der Waals surface area (Å²) in [5.41, 5.74) is 0.370. The molecule has 3 heterocycles. The monoisotopic (exact) mass is 622 g/mol. The van der Waals surface area contributed by atoms with Crippen LogP contribution in [0.1, 0.15) is 80.8 Å². The zero-order chi connectivity index (χ0) is 32.9. The van der Waals surface area contributed by atoms with Gasteiger partial charge in [-0.25, -0.2) is 14.6 Å². The van der Waals surface area contributed by atoms with Crippen molar-refractivity contribution in [2.75, 3.05) is 57.7 Å². The van der Waals surface area contributed by atoms with Crippen LogP contribution in [0.3, 0.4) is 0 Å². The Balaban J connectivity index is 1.36. The highest BCUT2D eigenvalue weighted by atomic mass is 16.6. The molecule has 0 aliphatic carbocycles. The van der Waals surface area contributed by atoms with Gasteiger partial charge in [-0.1, -0.05) is 12.1 Å². The van der Waals surface area contributed by atoms with Gasteiger partial charge in [-0.2, -0.15) is 0 Å². The Labute approximate surface area is 265 Å². The van der Waals surface area contributed by atoms with E-state index < -0.39 is 23.2 Å². The fourth-order valence-corrected chi connectivity index (χ4v) is 5.24. The lowest BCUT2D eigenvalue weighted by molar-refractivity contribution is 0.0109. The minimum atomic E-state index is -0.596. The van der Waals surface area contributed by atoms with Gasteiger partial charge >= 0.3 is 12.2 Å². The number of pyridine rings is 1. The van der Waals surface area contributed by atoms with Gasteiger partial charge in [-0.15, -0.1) is 0 Å². The second-order valence-electron chi connectivity index (χ2n) is 13.4. The molecule has 45 heavy (non-hydrogen) atoms. The van der Waals surface area contributed by atoms with Crippen molar-refractivity contribution in [2.24, 2.45) is 0 Å². The standard InChI is InChI=1S/C33H46N6O6/c1-23(36-14-18-38(19-15-36)30(42)44-32(2,3)4)24-12-13-34-27(22-24)35-28(40)25-10-8-9-11-26(25)29(41)37-16-20-39(21-17-37)31(43)45-33(5,6)7/h8-13,22-23H,14-21H2,1-7H3,(H,34,35,40). The van der Waals surface area contributed by atoms with Crippen LogP contribution in [0.15, 0.2) is 42.6 Å². The van der Waals surface area contributed by atoms with Crippen LogP contribution in [-0.4, -0.2) is 112 Å². The summed E-state index contributed by atoms with van der Waals surface area (Å²) in [6.45, 7) is 17.0. The van der Waals surface area contributed by atoms with E-state index in [0.717, 1.165) is 5.56 Å². The molecule has 0 saturated carbocycles. The molecule has 0 spiro atoms. The van der Waals surface area contributed by atoms with Crippen molar-refractivity contribution in [1.82, 2.24) is 24.6 Å². The van der Waals surface area contributed by atoms with Gasteiger partial charge in [-0.3, -0.25) is 14.5 Å². The molecule has 2 fully saturated rings. The summed E-state index contributed by atoms with van der Waals surface area (Å²) in [6, 6.07) is 10.5. The summed E-state index contributed by atoms with van der Waals surface area (Å²) in [4.78, 5) is 63.4. The maximum Gasteiger partial charge on any atom is 0.410 e. The number of rotatable bonds is 5. The average Bonchev–Trinajstić information content (AvgIpc) is 2.99. The number of anilines is 1. The normalized spacial score (nSPS) is 17.0. The first-order chi connectivity index (χ1) is 21.1. The van der Waals surface area contributed by atoms with Gasteiger partial charge < -0.3 is 29.5 Å². The third-order valence-corrected chi connectivity index (χ3v) is 7.64. The molecule has 2 saturated heterocycles. The number of aromatic nitrogens is 1. The number of benzene rings is 1. The van der Waals surface area contributed by atoms with Gasteiger partial charge in [-0.05, 0) is 78.3 Å². The summed E-state index contributed by atoms with van der Waals surface area (Å²) in [5, 5.41) is 2.86. The third kappa shape index (κ3) is 9.16. The minimum absolute atomic E-state index is 0.0256. The number of amides is 4. The molecular formula is C33H46N6O6. The van der Waals surface area contributed by atoms with E-state index in [1.54, 1.807) is 45.2 Å². The topological polar surface area (TPSA) is 125 Å². The molecule has 12 nitrogen and oxygen atoms in total. The highest BCUT2D eigenvalue weighted by Gasteiger charge is 2.31. The summed E-state index contributed by atoms with van der Waals surface area (Å²) >= 11 is 0. The van der Waals surface area contributed by atoms with E-state index in [2.05, 4.69) is 22.1 Å². The van der Waals surface area contributed by atoms with Crippen LogP contribution in [0.25, 0.3) is 0 Å². The highest BCUT2D eigenvalue weighted by molar-refractivity contribution is 6.11.